The Balaban J connectivity index is 1.70. The van der Waals surface area contributed by atoms with Crippen LogP contribution in [-0.4, -0.2) is 65.8 Å². The fourth-order valence-electron chi connectivity index (χ4n) is 3.82. The highest BCUT2D eigenvalue weighted by Gasteiger charge is 2.45. The largest absolute Gasteiger partial charge is 0.381 e. The average molecular weight is 402 g/mol. The molecule has 2 fully saturated rings. The van der Waals surface area contributed by atoms with Crippen LogP contribution in [-0.2, 0) is 19.6 Å². The number of halogens is 1. The summed E-state index contributed by atoms with van der Waals surface area (Å²) in [5.41, 5.74) is 0.976. The number of ether oxygens (including phenoxy) is 1. The average Bonchev–Trinajstić information content (AvgIpc) is 2.68. The van der Waals surface area contributed by atoms with E-state index in [9.17, 15) is 17.6 Å². The van der Waals surface area contributed by atoms with Gasteiger partial charge in [-0.05, 0) is 42.9 Å². The summed E-state index contributed by atoms with van der Waals surface area (Å²) < 4.78 is 45.7. The zero-order valence-electron chi connectivity index (χ0n) is 14.7. The van der Waals surface area contributed by atoms with Crippen molar-refractivity contribution in [1.82, 2.24) is 9.53 Å². The Hall–Kier alpha value is -1.59. The Labute approximate surface area is 157 Å². The van der Waals surface area contributed by atoms with Crippen LogP contribution in [0.2, 0.25) is 0 Å². The van der Waals surface area contributed by atoms with Crippen molar-refractivity contribution in [3.8, 4) is 0 Å². The monoisotopic (exact) mass is 402 g/mol. The topological polar surface area (TPSA) is 107 Å². The Kier molecular flexibility index (Phi) is 6.11. The number of sulfonamides is 1. The number of hydroxylamine groups is 2. The molecule has 2 aliphatic rings. The third kappa shape index (κ3) is 4.30. The smallest absolute Gasteiger partial charge is 0.279 e. The van der Waals surface area contributed by atoms with E-state index >= 15 is 0 Å². The lowest BCUT2D eigenvalue weighted by Crippen LogP contribution is -2.52. The van der Waals surface area contributed by atoms with E-state index in [0.717, 1.165) is 5.56 Å². The molecule has 27 heavy (non-hydrogen) atoms. The van der Waals surface area contributed by atoms with E-state index in [4.69, 9.17) is 15.2 Å². The number of rotatable bonds is 4. The molecule has 1 aromatic rings. The van der Waals surface area contributed by atoms with Crippen LogP contribution in [0.1, 0.15) is 30.7 Å². The summed E-state index contributed by atoms with van der Waals surface area (Å²) in [6, 6.07) is 6.22. The van der Waals surface area contributed by atoms with Crippen LogP contribution in [0.15, 0.2) is 24.3 Å². The maximum absolute atomic E-state index is 13.1. The van der Waals surface area contributed by atoms with Crippen LogP contribution < -0.4 is 0 Å². The van der Waals surface area contributed by atoms with Crippen molar-refractivity contribution < 1.29 is 32.8 Å². The lowest BCUT2D eigenvalue weighted by Gasteiger charge is -2.37. The summed E-state index contributed by atoms with van der Waals surface area (Å²) in [6.45, 7) is 0.609. The Morgan fingerprint density at radius 3 is 2.37 bits per heavy atom. The molecular weight excluding hydrogens is 379 g/mol. The molecule has 0 bridgehead atoms. The summed E-state index contributed by atoms with van der Waals surface area (Å²) >= 11 is 0. The normalized spacial score (nSPS) is 25.3. The molecule has 2 atom stereocenters. The molecule has 1 aromatic carbocycles. The van der Waals surface area contributed by atoms with Crippen molar-refractivity contribution in [3.05, 3.63) is 35.6 Å². The zero-order chi connectivity index (χ0) is 19.6. The minimum Gasteiger partial charge on any atom is -0.381 e. The molecule has 150 valence electrons. The molecule has 2 N–H and O–H groups in total. The highest BCUT2D eigenvalue weighted by molar-refractivity contribution is 7.89. The number of carbonyl (C=O) groups is 1. The van der Waals surface area contributed by atoms with Gasteiger partial charge in [0.1, 0.15) is 5.82 Å². The van der Waals surface area contributed by atoms with Gasteiger partial charge in [-0.15, -0.1) is 0 Å². The minimum absolute atomic E-state index is 0.116. The molecule has 0 spiro atoms. The van der Waals surface area contributed by atoms with Gasteiger partial charge in [0.25, 0.3) is 5.91 Å². The highest BCUT2D eigenvalue weighted by atomic mass is 32.2. The molecule has 1 amide bonds. The molecular formula is C17H23FN2O6S. The van der Waals surface area contributed by atoms with E-state index < -0.39 is 32.3 Å². The molecule has 2 aliphatic heterocycles. The van der Waals surface area contributed by atoms with Crippen LogP contribution in [0.25, 0.3) is 0 Å². The number of hydrogen-bond donors (Lipinski definition) is 2. The summed E-state index contributed by atoms with van der Waals surface area (Å²) in [4.78, 5) is 11.9. The number of piperidine rings is 1. The first-order valence-electron chi connectivity index (χ1n) is 8.84. The molecule has 8 nitrogen and oxygen atoms in total. The summed E-state index contributed by atoms with van der Waals surface area (Å²) in [6.07, 6.45) is 1.31. The number of benzene rings is 1. The zero-order valence-corrected chi connectivity index (χ0v) is 15.5. The standard InChI is InChI=1S/C17H23FN2O6S/c18-14-3-1-12(2-4-14)13-5-8-19(9-6-13)27(24,25)16-7-10-26-11-15(16)17(21)20(22)23/h1-4,13,15-16,22-23H,5-11H2. The van der Waals surface area contributed by atoms with Crippen LogP contribution in [0.5, 0.6) is 0 Å². The van der Waals surface area contributed by atoms with Crippen molar-refractivity contribution in [2.24, 2.45) is 5.92 Å². The maximum Gasteiger partial charge on any atom is 0.279 e. The van der Waals surface area contributed by atoms with E-state index in [2.05, 4.69) is 0 Å². The third-order valence-electron chi connectivity index (χ3n) is 5.35. The van der Waals surface area contributed by atoms with Crippen LogP contribution >= 0.6 is 0 Å². The van der Waals surface area contributed by atoms with Gasteiger partial charge >= 0.3 is 0 Å². The van der Waals surface area contributed by atoms with E-state index in [1.54, 1.807) is 12.1 Å². The molecule has 0 saturated carbocycles. The Morgan fingerprint density at radius 1 is 1.15 bits per heavy atom. The SMILES string of the molecule is O=C(C1COCCC1S(=O)(=O)N1CCC(c2ccc(F)cc2)CC1)N(O)O. The quantitative estimate of drug-likeness (QED) is 0.582. The van der Waals surface area contributed by atoms with E-state index in [1.807, 2.05) is 0 Å². The fourth-order valence-corrected chi connectivity index (χ4v) is 5.93. The molecule has 2 unspecified atom stereocenters. The number of carbonyl (C=O) groups excluding carboxylic acids is 1. The third-order valence-corrected chi connectivity index (χ3v) is 7.76. The summed E-state index contributed by atoms with van der Waals surface area (Å²) in [7, 11) is -3.80. The fraction of sp³-hybridized carbons (Fsp3) is 0.588. The van der Waals surface area contributed by atoms with Gasteiger partial charge in [-0.3, -0.25) is 15.2 Å². The van der Waals surface area contributed by atoms with Gasteiger partial charge in [-0.1, -0.05) is 17.4 Å². The van der Waals surface area contributed by atoms with Gasteiger partial charge in [0, 0.05) is 19.7 Å². The predicted octanol–water partition coefficient (Wildman–Crippen LogP) is 1.35. The van der Waals surface area contributed by atoms with Crippen LogP contribution in [0.4, 0.5) is 4.39 Å². The lowest BCUT2D eigenvalue weighted by molar-refractivity contribution is -0.289. The van der Waals surface area contributed by atoms with Gasteiger partial charge in [-0.2, -0.15) is 0 Å². The molecule has 0 aliphatic carbocycles. The number of nitrogens with zero attached hydrogens (tertiary/aromatic N) is 2. The van der Waals surface area contributed by atoms with Crippen molar-refractivity contribution in [2.45, 2.75) is 30.4 Å². The number of amides is 1. The first-order valence-corrected chi connectivity index (χ1v) is 10.3. The molecule has 10 heteroatoms. The molecule has 2 heterocycles. The van der Waals surface area contributed by atoms with Gasteiger partial charge in [0.05, 0.1) is 17.8 Å². The van der Waals surface area contributed by atoms with Gasteiger partial charge in [0.15, 0.2) is 0 Å². The van der Waals surface area contributed by atoms with Crippen molar-refractivity contribution in [2.75, 3.05) is 26.3 Å². The van der Waals surface area contributed by atoms with E-state index in [-0.39, 0.29) is 31.4 Å². The molecule has 0 aromatic heterocycles. The predicted molar refractivity (Wildman–Crippen MR) is 92.0 cm³/mol. The number of hydrogen-bond acceptors (Lipinski definition) is 6. The second-order valence-electron chi connectivity index (χ2n) is 6.91. The molecule has 2 saturated heterocycles. The first-order chi connectivity index (χ1) is 12.8. The molecule has 0 radical (unpaired) electrons. The van der Waals surface area contributed by atoms with Gasteiger partial charge in [-0.25, -0.2) is 17.1 Å². The molecule has 3 rings (SSSR count). The van der Waals surface area contributed by atoms with Crippen LogP contribution in [0, 0.1) is 11.7 Å². The lowest BCUT2D eigenvalue weighted by atomic mass is 9.90. The van der Waals surface area contributed by atoms with Crippen molar-refractivity contribution in [1.29, 1.82) is 0 Å². The van der Waals surface area contributed by atoms with Crippen molar-refractivity contribution >= 4 is 15.9 Å². The van der Waals surface area contributed by atoms with Gasteiger partial charge in [0.2, 0.25) is 10.0 Å². The highest BCUT2D eigenvalue weighted by Crippen LogP contribution is 2.33. The summed E-state index contributed by atoms with van der Waals surface area (Å²) in [5.74, 6) is -2.41. The Morgan fingerprint density at radius 2 is 1.78 bits per heavy atom. The second kappa shape index (κ2) is 8.19. The van der Waals surface area contributed by atoms with Crippen molar-refractivity contribution in [3.63, 3.8) is 0 Å². The van der Waals surface area contributed by atoms with Crippen LogP contribution in [0.3, 0.4) is 0 Å². The first kappa shape index (κ1) is 20.2. The Bertz CT molecular complexity index is 762. The van der Waals surface area contributed by atoms with E-state index in [1.165, 1.54) is 16.4 Å². The van der Waals surface area contributed by atoms with Gasteiger partial charge < -0.3 is 4.74 Å². The summed E-state index contributed by atoms with van der Waals surface area (Å²) in [5, 5.41) is 16.4. The second-order valence-corrected chi connectivity index (χ2v) is 9.06. The minimum atomic E-state index is -3.80. The maximum atomic E-state index is 13.1. The van der Waals surface area contributed by atoms with E-state index in [0.29, 0.717) is 25.9 Å².